The van der Waals surface area contributed by atoms with Gasteiger partial charge in [-0.25, -0.2) is 4.79 Å². The van der Waals surface area contributed by atoms with Gasteiger partial charge >= 0.3 is 5.97 Å². The number of rotatable bonds is 7. The van der Waals surface area contributed by atoms with E-state index < -0.39 is 5.97 Å². The quantitative estimate of drug-likeness (QED) is 0.728. The Hall–Kier alpha value is -1.85. The third-order valence-electron chi connectivity index (χ3n) is 3.70. The van der Waals surface area contributed by atoms with Gasteiger partial charge in [-0.15, -0.1) is 0 Å². The lowest BCUT2D eigenvalue weighted by Gasteiger charge is -2.06. The minimum atomic E-state index is -0.929. The number of aromatic carboxylic acids is 1. The molecule has 114 valence electrons. The molecule has 0 amide bonds. The zero-order valence-corrected chi connectivity index (χ0v) is 12.2. The topological polar surface area (TPSA) is 82.7 Å². The van der Waals surface area contributed by atoms with E-state index in [0.29, 0.717) is 24.9 Å². The Bertz CT molecular complexity index is 645. The van der Waals surface area contributed by atoms with Crippen molar-refractivity contribution in [2.45, 2.75) is 32.7 Å². The summed E-state index contributed by atoms with van der Waals surface area (Å²) in [5.74, 6) is -0.929. The molecular weight excluding hydrogens is 270 g/mol. The van der Waals surface area contributed by atoms with Crippen molar-refractivity contribution in [2.24, 2.45) is 0 Å². The number of fused-ring (bicyclic) bond motifs is 1. The van der Waals surface area contributed by atoms with E-state index in [1.165, 1.54) is 0 Å². The molecule has 5 heteroatoms. The molecule has 1 aromatic carbocycles. The van der Waals surface area contributed by atoms with Gasteiger partial charge in [0.2, 0.25) is 0 Å². The van der Waals surface area contributed by atoms with Gasteiger partial charge in [-0.1, -0.05) is 0 Å². The molecule has 0 aliphatic rings. The third kappa shape index (κ3) is 3.25. The van der Waals surface area contributed by atoms with Crippen LogP contribution in [0.2, 0.25) is 0 Å². The summed E-state index contributed by atoms with van der Waals surface area (Å²) in [6.45, 7) is 2.68. The van der Waals surface area contributed by atoms with E-state index in [2.05, 4.69) is 0 Å². The standard InChI is InChI=1S/C16H21NO4/c1-11-8-14-12(4-2-6-18)10-17(5-3-7-19)15(14)9-13(11)16(20)21/h8-10,18-19H,2-7H2,1H3,(H,20,21). The summed E-state index contributed by atoms with van der Waals surface area (Å²) < 4.78 is 1.99. The molecule has 0 aliphatic heterocycles. The van der Waals surface area contributed by atoms with Crippen LogP contribution in [-0.4, -0.2) is 39.1 Å². The lowest BCUT2D eigenvalue weighted by atomic mass is 10.0. The lowest BCUT2D eigenvalue weighted by Crippen LogP contribution is -2.02. The molecule has 1 aromatic heterocycles. The highest BCUT2D eigenvalue weighted by Crippen LogP contribution is 2.26. The van der Waals surface area contributed by atoms with Crippen molar-refractivity contribution in [3.05, 3.63) is 35.0 Å². The second-order valence-corrected chi connectivity index (χ2v) is 5.24. The van der Waals surface area contributed by atoms with Gasteiger partial charge in [-0.2, -0.15) is 0 Å². The molecule has 1 heterocycles. The van der Waals surface area contributed by atoms with Crippen molar-refractivity contribution < 1.29 is 20.1 Å². The number of hydrogen-bond acceptors (Lipinski definition) is 3. The predicted molar refractivity (Wildman–Crippen MR) is 80.7 cm³/mol. The second kappa shape index (κ2) is 6.74. The van der Waals surface area contributed by atoms with Crippen LogP contribution in [0.1, 0.15) is 34.3 Å². The van der Waals surface area contributed by atoms with Gasteiger partial charge < -0.3 is 19.9 Å². The number of carboxylic acid groups (broad SMARTS) is 1. The van der Waals surface area contributed by atoms with Crippen molar-refractivity contribution >= 4 is 16.9 Å². The van der Waals surface area contributed by atoms with Crippen LogP contribution < -0.4 is 0 Å². The number of carbonyl (C=O) groups is 1. The molecule has 5 nitrogen and oxygen atoms in total. The number of benzene rings is 1. The van der Waals surface area contributed by atoms with Gasteiger partial charge in [0.1, 0.15) is 0 Å². The Labute approximate surface area is 123 Å². The van der Waals surface area contributed by atoms with E-state index >= 15 is 0 Å². The molecule has 0 spiro atoms. The van der Waals surface area contributed by atoms with Gasteiger partial charge in [0.05, 0.1) is 5.56 Å². The first kappa shape index (κ1) is 15.5. The summed E-state index contributed by atoms with van der Waals surface area (Å²) in [4.78, 5) is 11.3. The van der Waals surface area contributed by atoms with Crippen LogP contribution in [0.4, 0.5) is 0 Å². The zero-order chi connectivity index (χ0) is 15.4. The second-order valence-electron chi connectivity index (χ2n) is 5.24. The van der Waals surface area contributed by atoms with Crippen LogP contribution in [0, 0.1) is 6.92 Å². The third-order valence-corrected chi connectivity index (χ3v) is 3.70. The summed E-state index contributed by atoms with van der Waals surface area (Å²) in [6.07, 6.45) is 4.06. The number of aliphatic hydroxyl groups is 2. The Kier molecular flexibility index (Phi) is 4.98. The smallest absolute Gasteiger partial charge is 0.336 e. The molecule has 0 atom stereocenters. The van der Waals surface area contributed by atoms with Crippen molar-refractivity contribution in [1.29, 1.82) is 0 Å². The van der Waals surface area contributed by atoms with Gasteiger partial charge in [0.15, 0.2) is 0 Å². The maximum Gasteiger partial charge on any atom is 0.336 e. The first-order valence-corrected chi connectivity index (χ1v) is 7.16. The van der Waals surface area contributed by atoms with Crippen molar-refractivity contribution in [2.75, 3.05) is 13.2 Å². The molecule has 0 bridgehead atoms. The van der Waals surface area contributed by atoms with Crippen molar-refractivity contribution in [3.8, 4) is 0 Å². The highest BCUT2D eigenvalue weighted by atomic mass is 16.4. The zero-order valence-electron chi connectivity index (χ0n) is 12.2. The fourth-order valence-electron chi connectivity index (χ4n) is 2.64. The lowest BCUT2D eigenvalue weighted by molar-refractivity contribution is 0.0696. The van der Waals surface area contributed by atoms with E-state index in [4.69, 9.17) is 10.2 Å². The number of hydrogen-bond donors (Lipinski definition) is 3. The van der Waals surface area contributed by atoms with E-state index in [1.807, 2.05) is 16.8 Å². The molecule has 2 rings (SSSR count). The highest BCUT2D eigenvalue weighted by molar-refractivity contribution is 5.96. The number of aromatic nitrogens is 1. The molecular formula is C16H21NO4. The van der Waals surface area contributed by atoms with Crippen LogP contribution in [0.25, 0.3) is 10.9 Å². The molecule has 0 aliphatic carbocycles. The van der Waals surface area contributed by atoms with Gasteiger partial charge in [-0.3, -0.25) is 0 Å². The van der Waals surface area contributed by atoms with Crippen LogP contribution in [-0.2, 0) is 13.0 Å². The van der Waals surface area contributed by atoms with E-state index in [0.717, 1.165) is 28.5 Å². The van der Waals surface area contributed by atoms with Crippen LogP contribution in [0.5, 0.6) is 0 Å². The van der Waals surface area contributed by atoms with Crippen molar-refractivity contribution in [1.82, 2.24) is 4.57 Å². The number of aryl methyl sites for hydroxylation is 3. The van der Waals surface area contributed by atoms with Crippen LogP contribution in [0.3, 0.4) is 0 Å². The van der Waals surface area contributed by atoms with E-state index in [9.17, 15) is 9.90 Å². The monoisotopic (exact) mass is 291 g/mol. The highest BCUT2D eigenvalue weighted by Gasteiger charge is 2.14. The van der Waals surface area contributed by atoms with Gasteiger partial charge in [0.25, 0.3) is 0 Å². The molecule has 0 saturated carbocycles. The minimum absolute atomic E-state index is 0.100. The Balaban J connectivity index is 2.54. The molecule has 21 heavy (non-hydrogen) atoms. The summed E-state index contributed by atoms with van der Waals surface area (Å²) in [6, 6.07) is 3.60. The summed E-state index contributed by atoms with van der Waals surface area (Å²) in [5.41, 5.74) is 3.02. The average molecular weight is 291 g/mol. The Morgan fingerprint density at radius 2 is 1.90 bits per heavy atom. The van der Waals surface area contributed by atoms with Gasteiger partial charge in [0, 0.05) is 36.9 Å². The summed E-state index contributed by atoms with van der Waals surface area (Å²) in [5, 5.41) is 28.3. The fourth-order valence-corrected chi connectivity index (χ4v) is 2.64. The SMILES string of the molecule is Cc1cc2c(CCCO)cn(CCCO)c2cc1C(=O)O. The summed E-state index contributed by atoms with van der Waals surface area (Å²) in [7, 11) is 0. The minimum Gasteiger partial charge on any atom is -0.478 e. The molecule has 0 fully saturated rings. The number of aliphatic hydroxyl groups excluding tert-OH is 2. The number of nitrogens with zero attached hydrogens (tertiary/aromatic N) is 1. The van der Waals surface area contributed by atoms with E-state index in [1.54, 1.807) is 13.0 Å². The van der Waals surface area contributed by atoms with E-state index in [-0.39, 0.29) is 13.2 Å². The largest absolute Gasteiger partial charge is 0.478 e. The Morgan fingerprint density at radius 1 is 1.19 bits per heavy atom. The van der Waals surface area contributed by atoms with Crippen LogP contribution in [0.15, 0.2) is 18.3 Å². The average Bonchev–Trinajstić information content (AvgIpc) is 2.78. The van der Waals surface area contributed by atoms with Gasteiger partial charge in [-0.05, 0) is 49.4 Å². The first-order chi connectivity index (χ1) is 10.1. The summed E-state index contributed by atoms with van der Waals surface area (Å²) >= 11 is 0. The van der Waals surface area contributed by atoms with Crippen molar-refractivity contribution in [3.63, 3.8) is 0 Å². The maximum absolute atomic E-state index is 11.3. The molecule has 2 aromatic rings. The molecule has 0 unspecified atom stereocenters. The first-order valence-electron chi connectivity index (χ1n) is 7.16. The normalized spacial score (nSPS) is 11.2. The predicted octanol–water partition coefficient (Wildman–Crippen LogP) is 1.96. The Morgan fingerprint density at radius 3 is 2.52 bits per heavy atom. The van der Waals surface area contributed by atoms with Crippen LogP contribution >= 0.6 is 0 Å². The molecule has 0 radical (unpaired) electrons. The molecule has 3 N–H and O–H groups in total. The fraction of sp³-hybridized carbons (Fsp3) is 0.438. The number of carboxylic acids is 1. The molecule has 0 saturated heterocycles. The maximum atomic E-state index is 11.3.